The van der Waals surface area contributed by atoms with Crippen molar-refractivity contribution in [2.24, 2.45) is 10.9 Å². The second-order valence-corrected chi connectivity index (χ2v) is 6.74. The number of aromatic nitrogens is 3. The highest BCUT2D eigenvalue weighted by atomic mass is 15.3. The van der Waals surface area contributed by atoms with Gasteiger partial charge in [0.1, 0.15) is 5.82 Å². The predicted molar refractivity (Wildman–Crippen MR) is 94.5 cm³/mol. The largest absolute Gasteiger partial charge is 0.356 e. The van der Waals surface area contributed by atoms with Crippen LogP contribution >= 0.6 is 0 Å². The van der Waals surface area contributed by atoms with Crippen molar-refractivity contribution in [3.63, 3.8) is 0 Å². The van der Waals surface area contributed by atoms with Gasteiger partial charge in [0.05, 0.1) is 6.54 Å². The maximum absolute atomic E-state index is 4.34. The van der Waals surface area contributed by atoms with Gasteiger partial charge >= 0.3 is 0 Å². The van der Waals surface area contributed by atoms with Crippen LogP contribution in [0.1, 0.15) is 64.0 Å². The van der Waals surface area contributed by atoms with Gasteiger partial charge in [-0.05, 0) is 25.2 Å². The van der Waals surface area contributed by atoms with Crippen molar-refractivity contribution in [2.45, 2.75) is 71.9 Å². The first-order valence-electron chi connectivity index (χ1n) is 9.06. The van der Waals surface area contributed by atoms with Gasteiger partial charge in [-0.3, -0.25) is 4.99 Å². The Morgan fingerprint density at radius 1 is 1.17 bits per heavy atom. The molecule has 0 radical (unpaired) electrons. The Hall–Kier alpha value is -1.59. The smallest absolute Gasteiger partial charge is 0.191 e. The van der Waals surface area contributed by atoms with Crippen LogP contribution in [0.2, 0.25) is 0 Å². The van der Waals surface area contributed by atoms with E-state index < -0.39 is 0 Å². The fourth-order valence-corrected chi connectivity index (χ4v) is 2.94. The summed E-state index contributed by atoms with van der Waals surface area (Å²) in [6, 6.07) is 0. The Morgan fingerprint density at radius 3 is 2.83 bits per heavy atom. The number of nitrogens with one attached hydrogen (secondary N) is 2. The van der Waals surface area contributed by atoms with E-state index >= 15 is 0 Å². The van der Waals surface area contributed by atoms with E-state index in [2.05, 4.69) is 44.2 Å². The number of guanidine groups is 1. The van der Waals surface area contributed by atoms with E-state index in [0.29, 0.717) is 6.54 Å². The molecule has 0 atom stereocenters. The molecule has 0 amide bonds. The first-order chi connectivity index (χ1) is 11.2. The van der Waals surface area contributed by atoms with Gasteiger partial charge in [0.2, 0.25) is 0 Å². The van der Waals surface area contributed by atoms with E-state index in [9.17, 15) is 0 Å². The number of rotatable bonds is 7. The van der Waals surface area contributed by atoms with Gasteiger partial charge in [0.25, 0.3) is 0 Å². The summed E-state index contributed by atoms with van der Waals surface area (Å²) in [6.45, 7) is 7.23. The predicted octanol–water partition coefficient (Wildman–Crippen LogP) is 2.50. The maximum Gasteiger partial charge on any atom is 0.191 e. The third-order valence-electron chi connectivity index (χ3n) is 4.32. The van der Waals surface area contributed by atoms with Gasteiger partial charge < -0.3 is 15.2 Å². The molecule has 130 valence electrons. The number of hydrogen-bond donors (Lipinski definition) is 2. The van der Waals surface area contributed by atoms with Crippen LogP contribution in [-0.4, -0.2) is 34.3 Å². The minimum absolute atomic E-state index is 0.679. The molecule has 0 aliphatic carbocycles. The summed E-state index contributed by atoms with van der Waals surface area (Å²) in [5.41, 5.74) is 0. The first kappa shape index (κ1) is 17.8. The van der Waals surface area contributed by atoms with Crippen molar-refractivity contribution in [3.05, 3.63) is 11.6 Å². The molecule has 2 rings (SSSR count). The lowest BCUT2D eigenvalue weighted by molar-refractivity contribution is 0.534. The second kappa shape index (κ2) is 9.53. The third-order valence-corrected chi connectivity index (χ3v) is 4.32. The highest BCUT2D eigenvalue weighted by Gasteiger charge is 2.14. The van der Waals surface area contributed by atoms with E-state index in [1.54, 1.807) is 0 Å². The minimum atomic E-state index is 0.679. The van der Waals surface area contributed by atoms with Gasteiger partial charge in [-0.25, -0.2) is 0 Å². The zero-order chi connectivity index (χ0) is 16.5. The van der Waals surface area contributed by atoms with Crippen LogP contribution in [-0.2, 0) is 19.5 Å². The summed E-state index contributed by atoms with van der Waals surface area (Å²) < 4.78 is 2.27. The standard InChI is InChI=1S/C17H32N6/c1-14(2)9-6-7-11-19-17(18-3)20-13-16-22-21-15-10-5-4-8-12-23(15)16/h14H,4-13H2,1-3H3,(H2,18,19,20). The molecule has 6 heteroatoms. The van der Waals surface area contributed by atoms with Gasteiger partial charge in [-0.2, -0.15) is 0 Å². The first-order valence-corrected chi connectivity index (χ1v) is 9.06. The lowest BCUT2D eigenvalue weighted by Crippen LogP contribution is -2.38. The Balaban J connectivity index is 1.74. The van der Waals surface area contributed by atoms with E-state index in [1.807, 2.05) is 7.05 Å². The molecule has 6 nitrogen and oxygen atoms in total. The van der Waals surface area contributed by atoms with Crippen LogP contribution in [0.25, 0.3) is 0 Å². The number of aliphatic imine (C=N–C) groups is 1. The normalized spacial score (nSPS) is 15.4. The zero-order valence-corrected chi connectivity index (χ0v) is 14.9. The highest BCUT2D eigenvalue weighted by molar-refractivity contribution is 5.79. The average molecular weight is 320 g/mol. The van der Waals surface area contributed by atoms with Crippen LogP contribution in [0.15, 0.2) is 4.99 Å². The van der Waals surface area contributed by atoms with Crippen molar-refractivity contribution in [3.8, 4) is 0 Å². The van der Waals surface area contributed by atoms with Gasteiger partial charge in [0.15, 0.2) is 11.8 Å². The molecule has 0 bridgehead atoms. The van der Waals surface area contributed by atoms with Crippen LogP contribution in [0, 0.1) is 5.92 Å². The molecule has 23 heavy (non-hydrogen) atoms. The number of aryl methyl sites for hydroxylation is 1. The minimum Gasteiger partial charge on any atom is -0.356 e. The zero-order valence-electron chi connectivity index (χ0n) is 14.9. The lowest BCUT2D eigenvalue weighted by Gasteiger charge is -2.13. The molecule has 1 aliphatic rings. The maximum atomic E-state index is 4.34. The van der Waals surface area contributed by atoms with Crippen molar-refractivity contribution < 1.29 is 0 Å². The Bertz CT molecular complexity index is 491. The van der Waals surface area contributed by atoms with Crippen LogP contribution < -0.4 is 10.6 Å². The summed E-state index contributed by atoms with van der Waals surface area (Å²) in [6.07, 6.45) is 8.52. The SMILES string of the molecule is CN=C(NCCCCC(C)C)NCc1nnc2n1CCCCC2. The van der Waals surface area contributed by atoms with Gasteiger partial charge in [-0.15, -0.1) is 10.2 Å². The molecule has 0 saturated carbocycles. The van der Waals surface area contributed by atoms with E-state index in [1.165, 1.54) is 38.5 Å². The Labute approximate surface area is 140 Å². The molecule has 1 aromatic heterocycles. The summed E-state index contributed by atoms with van der Waals surface area (Å²) >= 11 is 0. The fraction of sp³-hybridized carbons (Fsp3) is 0.824. The molecule has 2 N–H and O–H groups in total. The third kappa shape index (κ3) is 5.84. The molecule has 1 aromatic rings. The molecular formula is C17H32N6. The van der Waals surface area contributed by atoms with Crippen molar-refractivity contribution >= 4 is 5.96 Å². The van der Waals surface area contributed by atoms with E-state index in [4.69, 9.17) is 0 Å². The summed E-state index contributed by atoms with van der Waals surface area (Å²) in [5, 5.41) is 15.4. The lowest BCUT2D eigenvalue weighted by atomic mass is 10.1. The number of fused-ring (bicyclic) bond motifs is 1. The number of hydrogen-bond acceptors (Lipinski definition) is 3. The van der Waals surface area contributed by atoms with Crippen LogP contribution in [0.5, 0.6) is 0 Å². The van der Waals surface area contributed by atoms with Crippen LogP contribution in [0.4, 0.5) is 0 Å². The van der Waals surface area contributed by atoms with Gasteiger partial charge in [0, 0.05) is 26.6 Å². The van der Waals surface area contributed by atoms with Crippen molar-refractivity contribution in [1.82, 2.24) is 25.4 Å². The average Bonchev–Trinajstić information content (AvgIpc) is 2.77. The molecular weight excluding hydrogens is 288 g/mol. The highest BCUT2D eigenvalue weighted by Crippen LogP contribution is 2.14. The van der Waals surface area contributed by atoms with E-state index in [0.717, 1.165) is 43.0 Å². The van der Waals surface area contributed by atoms with Gasteiger partial charge in [-0.1, -0.05) is 33.1 Å². The fourth-order valence-electron chi connectivity index (χ4n) is 2.94. The number of nitrogens with zero attached hydrogens (tertiary/aromatic N) is 4. The molecule has 2 heterocycles. The molecule has 0 unspecified atom stereocenters. The Kier molecular flexibility index (Phi) is 7.36. The summed E-state index contributed by atoms with van der Waals surface area (Å²) in [5.74, 6) is 3.79. The topological polar surface area (TPSA) is 67.1 Å². The molecule has 0 aromatic carbocycles. The molecule has 0 saturated heterocycles. The second-order valence-electron chi connectivity index (χ2n) is 6.74. The number of unbranched alkanes of at least 4 members (excludes halogenated alkanes) is 1. The van der Waals surface area contributed by atoms with Crippen LogP contribution in [0.3, 0.4) is 0 Å². The molecule has 0 fully saturated rings. The van der Waals surface area contributed by atoms with Crippen molar-refractivity contribution in [2.75, 3.05) is 13.6 Å². The summed E-state index contributed by atoms with van der Waals surface area (Å²) in [7, 11) is 1.81. The molecule has 1 aliphatic heterocycles. The summed E-state index contributed by atoms with van der Waals surface area (Å²) in [4.78, 5) is 4.29. The Morgan fingerprint density at radius 2 is 2.04 bits per heavy atom. The molecule has 0 spiro atoms. The quantitative estimate of drug-likeness (QED) is 0.460. The monoisotopic (exact) mass is 320 g/mol. The van der Waals surface area contributed by atoms with E-state index in [-0.39, 0.29) is 0 Å². The van der Waals surface area contributed by atoms with Crippen molar-refractivity contribution in [1.29, 1.82) is 0 Å².